The third kappa shape index (κ3) is 1.52. The van der Waals surface area contributed by atoms with Crippen molar-refractivity contribution in [1.29, 1.82) is 5.26 Å². The lowest BCUT2D eigenvalue weighted by molar-refractivity contribution is 0.0972. The van der Waals surface area contributed by atoms with Crippen LogP contribution in [0.1, 0.15) is 34.6 Å². The largest absolute Gasteiger partial charge is 0.294 e. The lowest BCUT2D eigenvalue weighted by atomic mass is 9.94. The fourth-order valence-electron chi connectivity index (χ4n) is 2.38. The fourth-order valence-corrected chi connectivity index (χ4v) is 2.38. The minimum atomic E-state index is 0.0370. The summed E-state index contributed by atoms with van der Waals surface area (Å²) < 4.78 is 1.73. The van der Waals surface area contributed by atoms with Gasteiger partial charge in [-0.2, -0.15) is 10.4 Å². The van der Waals surface area contributed by atoms with E-state index in [-0.39, 0.29) is 11.5 Å². The van der Waals surface area contributed by atoms with Crippen molar-refractivity contribution in [3.05, 3.63) is 47.3 Å². The molecule has 1 aromatic heterocycles. The van der Waals surface area contributed by atoms with Crippen LogP contribution in [-0.4, -0.2) is 15.6 Å². The lowest BCUT2D eigenvalue weighted by Gasteiger charge is -2.12. The van der Waals surface area contributed by atoms with Gasteiger partial charge in [0, 0.05) is 6.42 Å². The topological polar surface area (TPSA) is 58.7 Å². The highest BCUT2D eigenvalue weighted by Crippen LogP contribution is 2.26. The molecule has 4 heteroatoms. The van der Waals surface area contributed by atoms with Crippen molar-refractivity contribution >= 4 is 5.78 Å². The highest BCUT2D eigenvalue weighted by molar-refractivity contribution is 6.00. The summed E-state index contributed by atoms with van der Waals surface area (Å²) in [5.41, 5.74) is 2.53. The quantitative estimate of drug-likeness (QED) is 0.764. The van der Waals surface area contributed by atoms with Crippen LogP contribution in [0.3, 0.4) is 0 Å². The second-order valence-corrected chi connectivity index (χ2v) is 4.31. The van der Waals surface area contributed by atoms with Crippen LogP contribution in [0.15, 0.2) is 30.3 Å². The summed E-state index contributed by atoms with van der Waals surface area (Å²) in [7, 11) is 0. The van der Waals surface area contributed by atoms with E-state index >= 15 is 0 Å². The number of hydrogen-bond donors (Lipinski definition) is 0. The van der Waals surface area contributed by atoms with Gasteiger partial charge in [-0.25, -0.2) is 4.68 Å². The molecule has 0 spiro atoms. The molecule has 0 unspecified atom stereocenters. The lowest BCUT2D eigenvalue weighted by Crippen LogP contribution is -2.13. The number of carbonyl (C=O) groups excluding carboxylic acids is 1. The predicted molar refractivity (Wildman–Crippen MR) is 65.5 cm³/mol. The molecule has 1 aliphatic carbocycles. The molecule has 4 nitrogen and oxygen atoms in total. The van der Waals surface area contributed by atoms with Crippen LogP contribution in [0.5, 0.6) is 0 Å². The van der Waals surface area contributed by atoms with Crippen LogP contribution < -0.4 is 0 Å². The van der Waals surface area contributed by atoms with Gasteiger partial charge in [-0.05, 0) is 25.0 Å². The Hall–Kier alpha value is -2.41. The third-order valence-corrected chi connectivity index (χ3v) is 3.18. The van der Waals surface area contributed by atoms with Gasteiger partial charge in [0.25, 0.3) is 0 Å². The maximum Gasteiger partial charge on any atom is 0.174 e. The molecule has 1 heterocycles. The van der Waals surface area contributed by atoms with Gasteiger partial charge in [0.2, 0.25) is 0 Å². The third-order valence-electron chi connectivity index (χ3n) is 3.18. The predicted octanol–water partition coefficient (Wildman–Crippen LogP) is 2.26. The summed E-state index contributed by atoms with van der Waals surface area (Å²) in [6.07, 6.45) is 2.14. The van der Waals surface area contributed by atoms with E-state index in [2.05, 4.69) is 5.10 Å². The summed E-state index contributed by atoms with van der Waals surface area (Å²) in [5.74, 6) is 0.0370. The number of aromatic nitrogens is 2. The van der Waals surface area contributed by atoms with Crippen LogP contribution >= 0.6 is 0 Å². The van der Waals surface area contributed by atoms with Gasteiger partial charge >= 0.3 is 0 Å². The molecule has 0 N–H and O–H groups in total. The number of hydrogen-bond acceptors (Lipinski definition) is 3. The Labute approximate surface area is 104 Å². The molecule has 0 saturated heterocycles. The minimum Gasteiger partial charge on any atom is -0.294 e. The number of fused-ring (bicyclic) bond motifs is 1. The average Bonchev–Trinajstić information content (AvgIpc) is 2.80. The summed E-state index contributed by atoms with van der Waals surface area (Å²) >= 11 is 0. The normalized spacial score (nSPS) is 14.1. The van der Waals surface area contributed by atoms with Gasteiger partial charge in [0.15, 0.2) is 11.5 Å². The van der Waals surface area contributed by atoms with E-state index in [0.29, 0.717) is 12.0 Å². The summed E-state index contributed by atoms with van der Waals surface area (Å²) in [4.78, 5) is 11.9. The molecule has 0 radical (unpaired) electrons. The number of ketones is 1. The zero-order valence-corrected chi connectivity index (χ0v) is 9.76. The molecule has 0 atom stereocenters. The molecule has 0 saturated carbocycles. The fraction of sp³-hybridized carbons (Fsp3) is 0.214. The van der Waals surface area contributed by atoms with E-state index in [9.17, 15) is 4.79 Å². The molecule has 3 rings (SSSR count). The van der Waals surface area contributed by atoms with E-state index in [1.54, 1.807) is 4.68 Å². The SMILES string of the molecule is N#Cc1nn(-c2ccccc2)c2c1C(=O)CCC2. The Morgan fingerprint density at radius 1 is 1.22 bits per heavy atom. The van der Waals surface area contributed by atoms with Crippen molar-refractivity contribution in [3.63, 3.8) is 0 Å². The average molecular weight is 237 g/mol. The molecule has 0 aliphatic heterocycles. The molecular formula is C14H11N3O. The van der Waals surface area contributed by atoms with Crippen LogP contribution in [-0.2, 0) is 6.42 Å². The summed E-state index contributed by atoms with van der Waals surface area (Å²) in [5, 5.41) is 13.4. The second-order valence-electron chi connectivity index (χ2n) is 4.31. The van der Waals surface area contributed by atoms with Gasteiger partial charge in [-0.3, -0.25) is 4.79 Å². The first-order valence-electron chi connectivity index (χ1n) is 5.92. The Morgan fingerprint density at radius 3 is 2.72 bits per heavy atom. The zero-order valence-electron chi connectivity index (χ0n) is 9.76. The Balaban J connectivity index is 2.24. The first kappa shape index (κ1) is 10.7. The molecule has 88 valence electrons. The number of benzene rings is 1. The van der Waals surface area contributed by atoms with E-state index in [1.165, 1.54) is 0 Å². The maximum atomic E-state index is 11.9. The number of rotatable bonds is 1. The standard InChI is InChI=1S/C14H11N3O/c15-9-11-14-12(7-4-8-13(14)18)17(16-11)10-5-2-1-3-6-10/h1-3,5-6H,4,7-8H2. The van der Waals surface area contributed by atoms with Gasteiger partial charge < -0.3 is 0 Å². The molecule has 0 fully saturated rings. The molecule has 2 aromatic rings. The first-order valence-corrected chi connectivity index (χ1v) is 5.92. The van der Waals surface area contributed by atoms with Crippen LogP contribution in [0.4, 0.5) is 0 Å². The number of Topliss-reactive ketones (excluding diaryl/α,β-unsaturated/α-hetero) is 1. The zero-order chi connectivity index (χ0) is 12.5. The Kier molecular flexibility index (Phi) is 2.45. The molecular weight excluding hydrogens is 226 g/mol. The van der Waals surface area contributed by atoms with E-state index in [1.807, 2.05) is 36.4 Å². The van der Waals surface area contributed by atoms with Crippen molar-refractivity contribution in [2.24, 2.45) is 0 Å². The van der Waals surface area contributed by atoms with E-state index in [0.717, 1.165) is 24.2 Å². The smallest absolute Gasteiger partial charge is 0.174 e. The molecule has 0 amide bonds. The first-order chi connectivity index (χ1) is 8.81. The number of para-hydroxylation sites is 1. The number of nitrogens with zero attached hydrogens (tertiary/aromatic N) is 3. The Morgan fingerprint density at radius 2 is 2.00 bits per heavy atom. The van der Waals surface area contributed by atoms with Crippen molar-refractivity contribution in [2.45, 2.75) is 19.3 Å². The Bertz CT molecular complexity index is 650. The van der Waals surface area contributed by atoms with Crippen molar-refractivity contribution in [1.82, 2.24) is 9.78 Å². The summed E-state index contributed by atoms with van der Waals surface area (Å²) in [6.45, 7) is 0. The van der Waals surface area contributed by atoms with Gasteiger partial charge in [-0.1, -0.05) is 18.2 Å². The van der Waals surface area contributed by atoms with Crippen molar-refractivity contribution < 1.29 is 4.79 Å². The van der Waals surface area contributed by atoms with Crippen LogP contribution in [0, 0.1) is 11.3 Å². The van der Waals surface area contributed by atoms with Gasteiger partial charge in [0.1, 0.15) is 6.07 Å². The minimum absolute atomic E-state index is 0.0370. The van der Waals surface area contributed by atoms with Crippen molar-refractivity contribution in [3.8, 4) is 11.8 Å². The highest BCUT2D eigenvalue weighted by Gasteiger charge is 2.27. The number of nitriles is 1. The number of carbonyl (C=O) groups is 1. The van der Waals surface area contributed by atoms with Gasteiger partial charge in [-0.15, -0.1) is 0 Å². The molecule has 18 heavy (non-hydrogen) atoms. The van der Waals surface area contributed by atoms with Crippen LogP contribution in [0.2, 0.25) is 0 Å². The molecule has 1 aliphatic rings. The van der Waals surface area contributed by atoms with E-state index in [4.69, 9.17) is 5.26 Å². The molecule has 0 bridgehead atoms. The highest BCUT2D eigenvalue weighted by atomic mass is 16.1. The molecule has 1 aromatic carbocycles. The van der Waals surface area contributed by atoms with Gasteiger partial charge in [0.05, 0.1) is 16.9 Å². The maximum absolute atomic E-state index is 11.9. The summed E-state index contributed by atoms with van der Waals surface area (Å²) in [6, 6.07) is 11.6. The van der Waals surface area contributed by atoms with Crippen LogP contribution in [0.25, 0.3) is 5.69 Å². The second kappa shape index (κ2) is 4.11. The van der Waals surface area contributed by atoms with Crippen molar-refractivity contribution in [2.75, 3.05) is 0 Å². The van der Waals surface area contributed by atoms with E-state index < -0.39 is 0 Å². The monoisotopic (exact) mass is 237 g/mol.